The number of aromatic nitrogens is 1. The lowest BCUT2D eigenvalue weighted by Crippen LogP contribution is -2.48. The van der Waals surface area contributed by atoms with E-state index in [2.05, 4.69) is 9.88 Å². The molecule has 1 aliphatic heterocycles. The lowest BCUT2D eigenvalue weighted by atomic mass is 10.1. The SMILES string of the molecule is O=C(c1ccc(F)cc1Cl)N1CCN(Cc2ccncc2)CC1. The molecule has 2 heterocycles. The quantitative estimate of drug-likeness (QED) is 0.866. The molecule has 0 radical (unpaired) electrons. The van der Waals surface area contributed by atoms with Crippen molar-refractivity contribution in [3.8, 4) is 0 Å². The third-order valence-corrected chi connectivity index (χ3v) is 4.29. The molecule has 23 heavy (non-hydrogen) atoms. The standard InChI is InChI=1S/C17H17ClFN3O/c18-16-11-14(19)1-2-15(16)17(23)22-9-7-21(8-10-22)12-13-3-5-20-6-4-13/h1-6,11H,7-10,12H2. The van der Waals surface area contributed by atoms with Crippen molar-refractivity contribution >= 4 is 17.5 Å². The Balaban J connectivity index is 1.59. The molecule has 0 bridgehead atoms. The first-order valence-corrected chi connectivity index (χ1v) is 7.87. The summed E-state index contributed by atoms with van der Waals surface area (Å²) in [5.41, 5.74) is 1.57. The Morgan fingerprint density at radius 2 is 1.83 bits per heavy atom. The van der Waals surface area contributed by atoms with Gasteiger partial charge in [0.05, 0.1) is 10.6 Å². The minimum absolute atomic E-state index is 0.140. The number of benzene rings is 1. The van der Waals surface area contributed by atoms with Crippen LogP contribution in [0.2, 0.25) is 5.02 Å². The first-order valence-electron chi connectivity index (χ1n) is 7.49. The van der Waals surface area contributed by atoms with Crippen LogP contribution in [0.3, 0.4) is 0 Å². The number of rotatable bonds is 3. The van der Waals surface area contributed by atoms with E-state index in [-0.39, 0.29) is 10.9 Å². The van der Waals surface area contributed by atoms with Crippen LogP contribution in [-0.2, 0) is 6.54 Å². The van der Waals surface area contributed by atoms with E-state index in [9.17, 15) is 9.18 Å². The van der Waals surface area contributed by atoms with E-state index in [1.54, 1.807) is 17.3 Å². The van der Waals surface area contributed by atoms with Crippen LogP contribution in [0, 0.1) is 5.82 Å². The van der Waals surface area contributed by atoms with Crippen LogP contribution in [0.25, 0.3) is 0 Å². The summed E-state index contributed by atoms with van der Waals surface area (Å²) in [6.07, 6.45) is 3.57. The molecule has 4 nitrogen and oxygen atoms in total. The van der Waals surface area contributed by atoms with Crippen molar-refractivity contribution in [1.82, 2.24) is 14.8 Å². The van der Waals surface area contributed by atoms with Gasteiger partial charge in [0.2, 0.25) is 0 Å². The molecule has 6 heteroatoms. The summed E-state index contributed by atoms with van der Waals surface area (Å²) >= 11 is 5.98. The highest BCUT2D eigenvalue weighted by molar-refractivity contribution is 6.33. The molecule has 1 amide bonds. The Morgan fingerprint density at radius 3 is 2.48 bits per heavy atom. The maximum Gasteiger partial charge on any atom is 0.255 e. The van der Waals surface area contributed by atoms with Crippen molar-refractivity contribution < 1.29 is 9.18 Å². The van der Waals surface area contributed by atoms with Crippen LogP contribution in [0.4, 0.5) is 4.39 Å². The van der Waals surface area contributed by atoms with Gasteiger partial charge in [-0.2, -0.15) is 0 Å². The first-order chi connectivity index (χ1) is 11.1. The molecule has 1 aromatic heterocycles. The molecule has 0 aliphatic carbocycles. The van der Waals surface area contributed by atoms with E-state index in [0.717, 1.165) is 19.6 Å². The number of carbonyl (C=O) groups excluding carboxylic acids is 1. The number of nitrogens with zero attached hydrogens (tertiary/aromatic N) is 3. The second-order valence-corrected chi connectivity index (χ2v) is 5.96. The van der Waals surface area contributed by atoms with Crippen molar-refractivity contribution in [2.45, 2.75) is 6.54 Å². The van der Waals surface area contributed by atoms with Crippen molar-refractivity contribution in [2.24, 2.45) is 0 Å². The summed E-state index contributed by atoms with van der Waals surface area (Å²) in [7, 11) is 0. The van der Waals surface area contributed by atoms with E-state index in [1.165, 1.54) is 23.8 Å². The van der Waals surface area contributed by atoms with Gasteiger partial charge in [-0.1, -0.05) is 11.6 Å². The predicted molar refractivity (Wildman–Crippen MR) is 86.8 cm³/mol. The van der Waals surface area contributed by atoms with Crippen molar-refractivity contribution in [3.05, 3.63) is 64.7 Å². The summed E-state index contributed by atoms with van der Waals surface area (Å²) in [5, 5.41) is 0.161. The zero-order chi connectivity index (χ0) is 16.2. The Bertz CT molecular complexity index is 687. The maximum absolute atomic E-state index is 13.1. The molecule has 0 unspecified atom stereocenters. The minimum Gasteiger partial charge on any atom is -0.336 e. The number of piperazine rings is 1. The summed E-state index contributed by atoms with van der Waals surface area (Å²) < 4.78 is 13.1. The fourth-order valence-electron chi connectivity index (χ4n) is 2.69. The number of halogens is 2. The summed E-state index contributed by atoms with van der Waals surface area (Å²) in [6.45, 7) is 3.72. The van der Waals surface area contributed by atoms with E-state index < -0.39 is 5.82 Å². The third-order valence-electron chi connectivity index (χ3n) is 3.98. The molecule has 1 fully saturated rings. The van der Waals surface area contributed by atoms with Gasteiger partial charge >= 0.3 is 0 Å². The minimum atomic E-state index is -0.436. The van der Waals surface area contributed by atoms with Crippen molar-refractivity contribution in [1.29, 1.82) is 0 Å². The lowest BCUT2D eigenvalue weighted by Gasteiger charge is -2.34. The van der Waals surface area contributed by atoms with Gasteiger partial charge in [-0.25, -0.2) is 4.39 Å². The molecule has 1 aromatic carbocycles. The van der Waals surface area contributed by atoms with Gasteiger partial charge in [0.15, 0.2) is 0 Å². The molecule has 3 rings (SSSR count). The van der Waals surface area contributed by atoms with Crippen molar-refractivity contribution in [2.75, 3.05) is 26.2 Å². The molecule has 0 saturated carbocycles. The van der Waals surface area contributed by atoms with Gasteiger partial charge in [0.25, 0.3) is 5.91 Å². The zero-order valence-corrected chi connectivity index (χ0v) is 13.3. The van der Waals surface area contributed by atoms with Gasteiger partial charge in [0.1, 0.15) is 5.82 Å². The topological polar surface area (TPSA) is 36.4 Å². The summed E-state index contributed by atoms with van der Waals surface area (Å²) in [4.78, 5) is 20.6. The average Bonchev–Trinajstić information content (AvgIpc) is 2.56. The normalized spacial score (nSPS) is 15.7. The van der Waals surface area contributed by atoms with E-state index in [0.29, 0.717) is 18.7 Å². The maximum atomic E-state index is 13.1. The summed E-state index contributed by atoms with van der Waals surface area (Å²) in [6, 6.07) is 7.88. The Morgan fingerprint density at radius 1 is 1.13 bits per heavy atom. The first kappa shape index (κ1) is 15.9. The van der Waals surface area contributed by atoms with Crippen molar-refractivity contribution in [3.63, 3.8) is 0 Å². The lowest BCUT2D eigenvalue weighted by molar-refractivity contribution is 0.0628. The van der Waals surface area contributed by atoms with Gasteiger partial charge in [-0.3, -0.25) is 14.7 Å². The largest absolute Gasteiger partial charge is 0.336 e. The second kappa shape index (κ2) is 7.06. The second-order valence-electron chi connectivity index (χ2n) is 5.55. The van der Waals surface area contributed by atoms with E-state index >= 15 is 0 Å². The van der Waals surface area contributed by atoms with E-state index in [4.69, 9.17) is 11.6 Å². The molecule has 1 aliphatic rings. The van der Waals surface area contributed by atoms with Crippen LogP contribution < -0.4 is 0 Å². The van der Waals surface area contributed by atoms with E-state index in [1.807, 2.05) is 12.1 Å². The fraction of sp³-hybridized carbons (Fsp3) is 0.294. The Hall–Kier alpha value is -1.98. The molecular formula is C17H17ClFN3O. The third kappa shape index (κ3) is 3.86. The Labute approximate surface area is 139 Å². The number of amides is 1. The number of hydrogen-bond acceptors (Lipinski definition) is 3. The average molecular weight is 334 g/mol. The highest BCUT2D eigenvalue weighted by Gasteiger charge is 2.23. The van der Waals surface area contributed by atoms with Crippen LogP contribution in [-0.4, -0.2) is 46.9 Å². The molecule has 120 valence electrons. The molecule has 1 saturated heterocycles. The fourth-order valence-corrected chi connectivity index (χ4v) is 2.94. The predicted octanol–water partition coefficient (Wildman–Crippen LogP) is 2.83. The number of hydrogen-bond donors (Lipinski definition) is 0. The highest BCUT2D eigenvalue weighted by atomic mass is 35.5. The van der Waals surface area contributed by atoms with Gasteiger partial charge in [0, 0.05) is 45.1 Å². The number of pyridine rings is 1. The molecule has 0 spiro atoms. The van der Waals surface area contributed by atoms with Crippen LogP contribution in [0.15, 0.2) is 42.7 Å². The van der Waals surface area contributed by atoms with Crippen LogP contribution >= 0.6 is 11.6 Å². The molecule has 0 atom stereocenters. The van der Waals surface area contributed by atoms with Crippen LogP contribution in [0.5, 0.6) is 0 Å². The zero-order valence-electron chi connectivity index (χ0n) is 12.6. The Kier molecular flexibility index (Phi) is 4.88. The van der Waals surface area contributed by atoms with Gasteiger partial charge < -0.3 is 4.90 Å². The molecule has 0 N–H and O–H groups in total. The van der Waals surface area contributed by atoms with Gasteiger partial charge in [-0.15, -0.1) is 0 Å². The highest BCUT2D eigenvalue weighted by Crippen LogP contribution is 2.20. The number of carbonyl (C=O) groups is 1. The summed E-state index contributed by atoms with van der Waals surface area (Å²) in [5.74, 6) is -0.577. The van der Waals surface area contributed by atoms with Gasteiger partial charge in [-0.05, 0) is 35.9 Å². The smallest absolute Gasteiger partial charge is 0.255 e. The molecular weight excluding hydrogens is 317 g/mol. The monoisotopic (exact) mass is 333 g/mol. The molecule has 2 aromatic rings. The van der Waals surface area contributed by atoms with Crippen LogP contribution in [0.1, 0.15) is 15.9 Å².